The van der Waals surface area contributed by atoms with Gasteiger partial charge in [-0.2, -0.15) is 5.26 Å². The van der Waals surface area contributed by atoms with Gasteiger partial charge in [0.25, 0.3) is 0 Å². The maximum atomic E-state index is 10.8. The van der Waals surface area contributed by atoms with Crippen molar-refractivity contribution in [2.75, 3.05) is 13.1 Å². The van der Waals surface area contributed by atoms with Crippen molar-refractivity contribution >= 4 is 5.97 Å². The highest BCUT2D eigenvalue weighted by molar-refractivity contribution is 5.73. The molecular formula is C9H16N2O2. The van der Waals surface area contributed by atoms with Crippen molar-refractivity contribution in [3.63, 3.8) is 0 Å². The van der Waals surface area contributed by atoms with Crippen molar-refractivity contribution in [2.24, 2.45) is 0 Å². The first-order valence-corrected chi connectivity index (χ1v) is 4.51. The molecule has 0 heterocycles. The molecule has 74 valence electrons. The third-order valence-corrected chi connectivity index (χ3v) is 1.97. The van der Waals surface area contributed by atoms with Gasteiger partial charge >= 0.3 is 5.97 Å². The lowest BCUT2D eigenvalue weighted by Gasteiger charge is -2.24. The molecule has 0 aliphatic carbocycles. The zero-order valence-corrected chi connectivity index (χ0v) is 8.16. The van der Waals surface area contributed by atoms with Gasteiger partial charge in [-0.15, -0.1) is 0 Å². The van der Waals surface area contributed by atoms with E-state index in [1.54, 1.807) is 4.90 Å². The second kappa shape index (κ2) is 6.44. The summed E-state index contributed by atoms with van der Waals surface area (Å²) in [5, 5.41) is 17.4. The fourth-order valence-electron chi connectivity index (χ4n) is 1.27. The van der Waals surface area contributed by atoms with Crippen LogP contribution in [0.5, 0.6) is 0 Å². The Morgan fingerprint density at radius 2 is 2.23 bits per heavy atom. The predicted octanol–water partition coefficient (Wildman–Crippen LogP) is 1.09. The first kappa shape index (κ1) is 11.9. The minimum absolute atomic E-state index is 0.188. The minimum atomic E-state index is -0.834. The van der Waals surface area contributed by atoms with E-state index in [0.29, 0.717) is 13.0 Å². The molecule has 0 fully saturated rings. The van der Waals surface area contributed by atoms with Gasteiger partial charge in [0.15, 0.2) is 0 Å². The Balaban J connectivity index is 4.31. The standard InChI is InChI=1S/C9H16N2O2/c1-3-5-8(9(12)13)11(4-2)7-6-10/h8H,3-5,7H2,1-2H3,(H,12,13). The molecule has 1 unspecified atom stereocenters. The number of likely N-dealkylation sites (N-methyl/N-ethyl adjacent to an activating group) is 1. The van der Waals surface area contributed by atoms with Crippen molar-refractivity contribution < 1.29 is 9.90 Å². The Morgan fingerprint density at radius 1 is 1.62 bits per heavy atom. The van der Waals surface area contributed by atoms with Crippen molar-refractivity contribution in [1.82, 2.24) is 4.90 Å². The zero-order valence-electron chi connectivity index (χ0n) is 8.16. The van der Waals surface area contributed by atoms with Gasteiger partial charge in [0.1, 0.15) is 6.04 Å². The molecule has 0 aliphatic rings. The molecule has 0 bridgehead atoms. The fourth-order valence-corrected chi connectivity index (χ4v) is 1.27. The second-order valence-electron chi connectivity index (χ2n) is 2.86. The first-order valence-electron chi connectivity index (χ1n) is 4.51. The number of nitrogens with zero attached hydrogens (tertiary/aromatic N) is 2. The number of hydrogen-bond donors (Lipinski definition) is 1. The fraction of sp³-hybridized carbons (Fsp3) is 0.778. The molecule has 4 nitrogen and oxygen atoms in total. The van der Waals surface area contributed by atoms with Crippen LogP contribution in [-0.2, 0) is 4.79 Å². The van der Waals surface area contributed by atoms with Gasteiger partial charge in [-0.05, 0) is 13.0 Å². The van der Waals surface area contributed by atoms with Gasteiger partial charge in [0.05, 0.1) is 12.6 Å². The molecule has 0 rings (SSSR count). The number of carboxylic acid groups (broad SMARTS) is 1. The summed E-state index contributed by atoms with van der Waals surface area (Å²) in [6.07, 6.45) is 1.42. The largest absolute Gasteiger partial charge is 0.480 e. The summed E-state index contributed by atoms with van der Waals surface area (Å²) < 4.78 is 0. The topological polar surface area (TPSA) is 64.3 Å². The van der Waals surface area contributed by atoms with Crippen LogP contribution in [0.2, 0.25) is 0 Å². The lowest BCUT2D eigenvalue weighted by molar-refractivity contribution is -0.143. The Morgan fingerprint density at radius 3 is 2.54 bits per heavy atom. The van der Waals surface area contributed by atoms with E-state index >= 15 is 0 Å². The quantitative estimate of drug-likeness (QED) is 0.627. The Bertz CT molecular complexity index is 198. The number of carbonyl (C=O) groups is 1. The van der Waals surface area contributed by atoms with Crippen LogP contribution < -0.4 is 0 Å². The van der Waals surface area contributed by atoms with Crippen LogP contribution in [-0.4, -0.2) is 35.1 Å². The SMILES string of the molecule is CCCC(C(=O)O)N(CC)CC#N. The predicted molar refractivity (Wildman–Crippen MR) is 49.2 cm³/mol. The van der Waals surface area contributed by atoms with Gasteiger partial charge in [-0.1, -0.05) is 20.3 Å². The van der Waals surface area contributed by atoms with Gasteiger partial charge in [0.2, 0.25) is 0 Å². The number of hydrogen-bond acceptors (Lipinski definition) is 3. The van der Waals surface area contributed by atoms with Crippen LogP contribution in [0.1, 0.15) is 26.7 Å². The first-order chi connectivity index (χ1) is 6.17. The molecule has 13 heavy (non-hydrogen) atoms. The third-order valence-electron chi connectivity index (χ3n) is 1.97. The molecule has 0 aromatic rings. The van der Waals surface area contributed by atoms with E-state index in [1.807, 2.05) is 19.9 Å². The normalized spacial score (nSPS) is 12.5. The van der Waals surface area contributed by atoms with Crippen LogP contribution in [0.4, 0.5) is 0 Å². The number of nitriles is 1. The van der Waals surface area contributed by atoms with Crippen LogP contribution in [0.15, 0.2) is 0 Å². The molecule has 4 heteroatoms. The molecule has 0 aromatic carbocycles. The molecule has 0 saturated carbocycles. The summed E-state index contributed by atoms with van der Waals surface area (Å²) in [7, 11) is 0. The second-order valence-corrected chi connectivity index (χ2v) is 2.86. The Labute approximate surface area is 78.8 Å². The highest BCUT2D eigenvalue weighted by atomic mass is 16.4. The van der Waals surface area contributed by atoms with Crippen molar-refractivity contribution in [1.29, 1.82) is 5.26 Å². The van der Waals surface area contributed by atoms with E-state index in [-0.39, 0.29) is 6.54 Å². The molecular weight excluding hydrogens is 168 g/mol. The van der Waals surface area contributed by atoms with E-state index < -0.39 is 12.0 Å². The van der Waals surface area contributed by atoms with Crippen molar-refractivity contribution in [3.05, 3.63) is 0 Å². The smallest absolute Gasteiger partial charge is 0.320 e. The maximum absolute atomic E-state index is 10.8. The van der Waals surface area contributed by atoms with E-state index in [9.17, 15) is 4.79 Å². The van der Waals surface area contributed by atoms with Gasteiger partial charge in [-0.25, -0.2) is 0 Å². The van der Waals surface area contributed by atoms with Crippen LogP contribution in [0.3, 0.4) is 0 Å². The number of rotatable bonds is 6. The molecule has 0 aliphatic heterocycles. The highest BCUT2D eigenvalue weighted by Gasteiger charge is 2.22. The summed E-state index contributed by atoms with van der Waals surface area (Å²) in [6, 6.07) is 1.47. The lowest BCUT2D eigenvalue weighted by atomic mass is 10.1. The highest BCUT2D eigenvalue weighted by Crippen LogP contribution is 2.06. The van der Waals surface area contributed by atoms with Crippen LogP contribution >= 0.6 is 0 Å². The lowest BCUT2D eigenvalue weighted by Crippen LogP contribution is -2.41. The van der Waals surface area contributed by atoms with Gasteiger partial charge < -0.3 is 5.11 Å². The van der Waals surface area contributed by atoms with Gasteiger partial charge in [-0.3, -0.25) is 9.69 Å². The van der Waals surface area contributed by atoms with E-state index in [4.69, 9.17) is 10.4 Å². The number of carboxylic acids is 1. The van der Waals surface area contributed by atoms with E-state index in [0.717, 1.165) is 6.42 Å². The number of aliphatic carboxylic acids is 1. The summed E-state index contributed by atoms with van der Waals surface area (Å²) in [5.41, 5.74) is 0. The molecule has 0 amide bonds. The molecule has 1 atom stereocenters. The average molecular weight is 184 g/mol. The Hall–Kier alpha value is -1.08. The summed E-state index contributed by atoms with van der Waals surface area (Å²) in [5.74, 6) is -0.834. The van der Waals surface area contributed by atoms with Gasteiger partial charge in [0, 0.05) is 0 Å². The molecule has 0 saturated heterocycles. The summed E-state index contributed by atoms with van der Waals surface area (Å²) in [4.78, 5) is 12.5. The maximum Gasteiger partial charge on any atom is 0.320 e. The minimum Gasteiger partial charge on any atom is -0.480 e. The van der Waals surface area contributed by atoms with Crippen LogP contribution in [0, 0.1) is 11.3 Å². The summed E-state index contributed by atoms with van der Waals surface area (Å²) >= 11 is 0. The zero-order chi connectivity index (χ0) is 10.3. The third kappa shape index (κ3) is 3.90. The molecule has 0 spiro atoms. The molecule has 0 radical (unpaired) electrons. The van der Waals surface area contributed by atoms with E-state index in [2.05, 4.69) is 0 Å². The van der Waals surface area contributed by atoms with E-state index in [1.165, 1.54) is 0 Å². The average Bonchev–Trinajstić information content (AvgIpc) is 2.10. The van der Waals surface area contributed by atoms with Crippen molar-refractivity contribution in [2.45, 2.75) is 32.7 Å². The molecule has 0 aromatic heterocycles. The Kier molecular flexibility index (Phi) is 5.90. The van der Waals surface area contributed by atoms with Crippen molar-refractivity contribution in [3.8, 4) is 6.07 Å². The monoisotopic (exact) mass is 184 g/mol. The summed E-state index contributed by atoms with van der Waals surface area (Å²) in [6.45, 7) is 4.59. The molecule has 1 N–H and O–H groups in total. The van der Waals surface area contributed by atoms with Crippen LogP contribution in [0.25, 0.3) is 0 Å².